The molecule has 0 bridgehead atoms. The Morgan fingerprint density at radius 3 is 2.71 bits per heavy atom. The fourth-order valence-corrected chi connectivity index (χ4v) is 4.19. The van der Waals surface area contributed by atoms with Crippen LogP contribution in [0.15, 0.2) is 46.9 Å². The third kappa shape index (κ3) is 6.09. The number of hydrogen-bond donors (Lipinski definition) is 2. The van der Waals surface area contributed by atoms with Gasteiger partial charge in [0.1, 0.15) is 5.82 Å². The standard InChI is InChI=1S/C24H26FN3O5S/c1-4-33-20-9-8-15(12-21(20)32-3)24(30)26-13-22(29)28-27-19(10-11-31-2)17-14-34-23-16(17)6-5-7-18(23)25/h5-9,12,14H,4,10-11,13H2,1-3H3,(H,26,30)(H,28,29)/b27-19+. The Labute approximate surface area is 200 Å². The molecule has 0 aliphatic carbocycles. The van der Waals surface area contributed by atoms with Gasteiger partial charge in [-0.2, -0.15) is 5.10 Å². The minimum absolute atomic E-state index is 0.283. The van der Waals surface area contributed by atoms with Gasteiger partial charge >= 0.3 is 0 Å². The van der Waals surface area contributed by atoms with E-state index in [0.717, 1.165) is 5.56 Å². The lowest BCUT2D eigenvalue weighted by molar-refractivity contribution is -0.120. The van der Waals surface area contributed by atoms with Crippen LogP contribution in [0.4, 0.5) is 4.39 Å². The number of thiophene rings is 1. The van der Waals surface area contributed by atoms with Crippen LogP contribution in [0.2, 0.25) is 0 Å². The molecule has 1 heterocycles. The van der Waals surface area contributed by atoms with Gasteiger partial charge in [0.15, 0.2) is 11.5 Å². The van der Waals surface area contributed by atoms with Crippen molar-refractivity contribution in [3.05, 3.63) is 58.7 Å². The highest BCUT2D eigenvalue weighted by atomic mass is 32.1. The summed E-state index contributed by atoms with van der Waals surface area (Å²) in [6.07, 6.45) is 0.414. The van der Waals surface area contributed by atoms with Gasteiger partial charge in [-0.3, -0.25) is 9.59 Å². The molecule has 2 aromatic carbocycles. The number of amides is 2. The van der Waals surface area contributed by atoms with E-state index in [1.807, 2.05) is 6.92 Å². The average Bonchev–Trinajstić information content (AvgIpc) is 3.28. The maximum Gasteiger partial charge on any atom is 0.259 e. The van der Waals surface area contributed by atoms with Gasteiger partial charge in [-0.25, -0.2) is 9.82 Å². The summed E-state index contributed by atoms with van der Waals surface area (Å²) in [4.78, 5) is 24.8. The van der Waals surface area contributed by atoms with Crippen LogP contribution in [-0.2, 0) is 9.53 Å². The summed E-state index contributed by atoms with van der Waals surface area (Å²) < 4.78 is 30.4. The van der Waals surface area contributed by atoms with Gasteiger partial charge in [0.2, 0.25) is 0 Å². The molecule has 2 amide bonds. The third-order valence-electron chi connectivity index (χ3n) is 4.86. The molecule has 0 saturated carbocycles. The maximum absolute atomic E-state index is 14.1. The molecule has 0 saturated heterocycles. The number of methoxy groups -OCH3 is 2. The van der Waals surface area contributed by atoms with E-state index in [2.05, 4.69) is 15.8 Å². The number of nitrogens with zero attached hydrogens (tertiary/aromatic N) is 1. The number of halogens is 1. The van der Waals surface area contributed by atoms with E-state index in [9.17, 15) is 14.0 Å². The molecule has 10 heteroatoms. The van der Waals surface area contributed by atoms with Crippen molar-refractivity contribution in [1.29, 1.82) is 0 Å². The first kappa shape index (κ1) is 25.1. The van der Waals surface area contributed by atoms with Gasteiger partial charge in [0.05, 0.1) is 37.3 Å². The van der Waals surface area contributed by atoms with Crippen LogP contribution in [0.5, 0.6) is 11.5 Å². The Morgan fingerprint density at radius 2 is 1.97 bits per heavy atom. The van der Waals surface area contributed by atoms with Crippen LogP contribution in [0.25, 0.3) is 10.1 Å². The fraction of sp³-hybridized carbons (Fsp3) is 0.292. The second-order valence-corrected chi connectivity index (χ2v) is 7.96. The molecule has 8 nitrogen and oxygen atoms in total. The third-order valence-corrected chi connectivity index (χ3v) is 5.86. The molecule has 1 aromatic heterocycles. The summed E-state index contributed by atoms with van der Waals surface area (Å²) in [5.41, 5.74) is 4.06. The smallest absolute Gasteiger partial charge is 0.259 e. The Morgan fingerprint density at radius 1 is 1.15 bits per heavy atom. The van der Waals surface area contributed by atoms with E-state index in [1.165, 1.54) is 24.5 Å². The van der Waals surface area contributed by atoms with Crippen LogP contribution < -0.4 is 20.2 Å². The lowest BCUT2D eigenvalue weighted by atomic mass is 10.1. The van der Waals surface area contributed by atoms with Gasteiger partial charge in [0.25, 0.3) is 11.8 Å². The minimum Gasteiger partial charge on any atom is -0.493 e. The van der Waals surface area contributed by atoms with Crippen LogP contribution >= 0.6 is 11.3 Å². The number of hydrazone groups is 1. The molecule has 0 aliphatic rings. The van der Waals surface area contributed by atoms with E-state index < -0.39 is 11.8 Å². The van der Waals surface area contributed by atoms with Gasteiger partial charge in [0, 0.05) is 35.4 Å². The molecule has 0 atom stereocenters. The highest BCUT2D eigenvalue weighted by Crippen LogP contribution is 2.29. The highest BCUT2D eigenvalue weighted by Gasteiger charge is 2.15. The van der Waals surface area contributed by atoms with Crippen molar-refractivity contribution in [2.45, 2.75) is 13.3 Å². The average molecular weight is 488 g/mol. The summed E-state index contributed by atoms with van der Waals surface area (Å²) in [7, 11) is 3.05. The number of ether oxygens (including phenoxy) is 3. The number of rotatable bonds is 11. The zero-order valence-electron chi connectivity index (χ0n) is 19.1. The van der Waals surface area contributed by atoms with E-state index in [4.69, 9.17) is 14.2 Å². The summed E-state index contributed by atoms with van der Waals surface area (Å²) in [5, 5.41) is 9.29. The van der Waals surface area contributed by atoms with Crippen LogP contribution in [-0.4, -0.2) is 51.5 Å². The molecular formula is C24H26FN3O5S. The molecular weight excluding hydrogens is 461 g/mol. The summed E-state index contributed by atoms with van der Waals surface area (Å²) in [5.74, 6) is -0.312. The predicted octanol–water partition coefficient (Wildman–Crippen LogP) is 3.73. The first-order chi connectivity index (χ1) is 16.5. The predicted molar refractivity (Wildman–Crippen MR) is 129 cm³/mol. The molecule has 34 heavy (non-hydrogen) atoms. The normalized spacial score (nSPS) is 11.4. The fourth-order valence-electron chi connectivity index (χ4n) is 3.21. The monoisotopic (exact) mass is 487 g/mol. The van der Waals surface area contributed by atoms with Crippen molar-refractivity contribution in [1.82, 2.24) is 10.7 Å². The van der Waals surface area contributed by atoms with Gasteiger partial charge in [-0.1, -0.05) is 12.1 Å². The van der Waals surface area contributed by atoms with Crippen molar-refractivity contribution in [2.75, 3.05) is 34.0 Å². The van der Waals surface area contributed by atoms with Gasteiger partial charge in [-0.05, 0) is 31.2 Å². The molecule has 0 unspecified atom stereocenters. The number of nitrogens with one attached hydrogen (secondary N) is 2. The van der Waals surface area contributed by atoms with Crippen LogP contribution in [0.1, 0.15) is 29.3 Å². The lowest BCUT2D eigenvalue weighted by Crippen LogP contribution is -2.35. The Kier molecular flexibility index (Phi) is 8.94. The maximum atomic E-state index is 14.1. The quantitative estimate of drug-likeness (QED) is 0.317. The lowest BCUT2D eigenvalue weighted by Gasteiger charge is -2.11. The molecule has 3 aromatic rings. The van der Waals surface area contributed by atoms with Crippen LogP contribution in [0.3, 0.4) is 0 Å². The molecule has 3 rings (SSSR count). The molecule has 0 aliphatic heterocycles. The van der Waals surface area contributed by atoms with E-state index in [0.29, 0.717) is 52.5 Å². The Bertz CT molecular complexity index is 1190. The van der Waals surface area contributed by atoms with Gasteiger partial charge in [-0.15, -0.1) is 11.3 Å². The van der Waals surface area contributed by atoms with E-state index in [-0.39, 0.29) is 12.4 Å². The molecule has 180 valence electrons. The summed E-state index contributed by atoms with van der Waals surface area (Å²) in [6.45, 7) is 2.40. The molecule has 0 spiro atoms. The second kappa shape index (κ2) is 12.1. The molecule has 0 fully saturated rings. The number of benzene rings is 2. The van der Waals surface area contributed by atoms with Crippen molar-refractivity contribution in [3.8, 4) is 11.5 Å². The highest BCUT2D eigenvalue weighted by molar-refractivity contribution is 7.17. The zero-order chi connectivity index (χ0) is 24.5. The van der Waals surface area contributed by atoms with Crippen molar-refractivity contribution >= 4 is 38.9 Å². The minimum atomic E-state index is -0.508. The Hall–Kier alpha value is -3.50. The van der Waals surface area contributed by atoms with E-state index >= 15 is 0 Å². The van der Waals surface area contributed by atoms with Crippen molar-refractivity contribution in [3.63, 3.8) is 0 Å². The largest absolute Gasteiger partial charge is 0.493 e. The zero-order valence-corrected chi connectivity index (χ0v) is 20.0. The topological polar surface area (TPSA) is 98.2 Å². The van der Waals surface area contributed by atoms with Crippen molar-refractivity contribution in [2.24, 2.45) is 5.10 Å². The Balaban J connectivity index is 1.66. The number of fused-ring (bicyclic) bond motifs is 1. The summed E-state index contributed by atoms with van der Waals surface area (Å²) >= 11 is 1.27. The van der Waals surface area contributed by atoms with Crippen molar-refractivity contribution < 1.29 is 28.2 Å². The first-order valence-electron chi connectivity index (χ1n) is 10.6. The van der Waals surface area contributed by atoms with Crippen LogP contribution in [0, 0.1) is 5.82 Å². The molecule has 0 radical (unpaired) electrons. The van der Waals surface area contributed by atoms with E-state index in [1.54, 1.807) is 42.8 Å². The number of carbonyl (C=O) groups excluding carboxylic acids is 2. The second-order valence-electron chi connectivity index (χ2n) is 7.08. The molecule has 2 N–H and O–H groups in total. The first-order valence-corrected chi connectivity index (χ1v) is 11.5. The number of hydrogen-bond acceptors (Lipinski definition) is 7. The number of carbonyl (C=O) groups is 2. The summed E-state index contributed by atoms with van der Waals surface area (Å²) in [6, 6.07) is 9.60. The van der Waals surface area contributed by atoms with Gasteiger partial charge < -0.3 is 19.5 Å². The SMILES string of the molecule is CCOc1ccc(C(=O)NCC(=O)N/N=C(\CCOC)c2csc3c(F)cccc23)cc1OC.